The predicted octanol–water partition coefficient (Wildman–Crippen LogP) is 4.04. The lowest BCUT2D eigenvalue weighted by atomic mass is 9.43. The van der Waals surface area contributed by atoms with E-state index in [2.05, 4.69) is 20.8 Å². The smallest absolute Gasteiger partial charge is 0.160 e. The summed E-state index contributed by atoms with van der Waals surface area (Å²) in [6.07, 6.45) is 2.83. The lowest BCUT2D eigenvalue weighted by Gasteiger charge is -2.59. The zero-order chi connectivity index (χ0) is 20.9. The molecule has 0 amide bonds. The Morgan fingerprint density at radius 2 is 1.61 bits per heavy atom. The first-order chi connectivity index (χ1) is 12.9. The number of hydrogen-bond donors (Lipinski definition) is 1. The van der Waals surface area contributed by atoms with Gasteiger partial charge in [0.15, 0.2) is 11.6 Å². The van der Waals surface area contributed by atoms with Crippen LogP contribution in [0.1, 0.15) is 80.1 Å². The molecule has 0 radical (unpaired) electrons. The molecule has 0 spiro atoms. The monoisotopic (exact) mass is 386 g/mol. The van der Waals surface area contributed by atoms with Gasteiger partial charge in [-0.05, 0) is 42.4 Å². The van der Waals surface area contributed by atoms with Gasteiger partial charge in [-0.25, -0.2) is 0 Å². The lowest BCUT2D eigenvalue weighted by Crippen LogP contribution is -2.59. The fraction of sp³-hybridized carbons (Fsp3) is 0.792. The van der Waals surface area contributed by atoms with Gasteiger partial charge in [-0.2, -0.15) is 0 Å². The lowest BCUT2D eigenvalue weighted by molar-refractivity contribution is -0.144. The first-order valence-corrected chi connectivity index (χ1v) is 10.9. The molecular weight excluding hydrogens is 352 g/mol. The van der Waals surface area contributed by atoms with Gasteiger partial charge in [0.2, 0.25) is 0 Å². The second-order valence-electron chi connectivity index (χ2n) is 11.1. The topological polar surface area (TPSA) is 71.4 Å². The fourth-order valence-corrected chi connectivity index (χ4v) is 7.67. The molecule has 154 valence electrons. The molecule has 4 aliphatic carbocycles. The third-order valence-electron chi connectivity index (χ3n) is 9.78. The summed E-state index contributed by atoms with van der Waals surface area (Å²) in [7, 11) is 0. The summed E-state index contributed by atoms with van der Waals surface area (Å²) in [5.74, 6) is 0.228. The van der Waals surface area contributed by atoms with E-state index in [0.29, 0.717) is 43.3 Å². The minimum Gasteiger partial charge on any atom is -0.393 e. The van der Waals surface area contributed by atoms with Crippen LogP contribution in [0.4, 0.5) is 0 Å². The van der Waals surface area contributed by atoms with Crippen LogP contribution >= 0.6 is 0 Å². The van der Waals surface area contributed by atoms with Crippen molar-refractivity contribution in [3.63, 3.8) is 0 Å². The van der Waals surface area contributed by atoms with E-state index in [4.69, 9.17) is 0 Å². The van der Waals surface area contributed by atoms with Crippen molar-refractivity contribution >= 4 is 17.3 Å². The van der Waals surface area contributed by atoms with Gasteiger partial charge in [0.25, 0.3) is 0 Å². The number of allylic oxidation sites excluding steroid dienone is 2. The van der Waals surface area contributed by atoms with Crippen molar-refractivity contribution in [2.24, 2.45) is 33.5 Å². The van der Waals surface area contributed by atoms with Crippen molar-refractivity contribution in [1.29, 1.82) is 0 Å². The van der Waals surface area contributed by atoms with Crippen LogP contribution in [0.25, 0.3) is 0 Å². The SMILES string of the molecule is CC[C@H]1CC(=O)[C@@]2(C)C3=C(C(=O)C[C@]12C)[C@@]1(C)CC[C@H](O)C(C)(C)[C@@H]1CC3=O. The Balaban J connectivity index is 1.98. The highest BCUT2D eigenvalue weighted by Gasteiger charge is 2.69. The van der Waals surface area contributed by atoms with Crippen LogP contribution < -0.4 is 0 Å². The Bertz CT molecular complexity index is 820. The van der Waals surface area contributed by atoms with E-state index in [-0.39, 0.29) is 29.2 Å². The number of rotatable bonds is 1. The molecule has 4 nitrogen and oxygen atoms in total. The van der Waals surface area contributed by atoms with Crippen molar-refractivity contribution in [1.82, 2.24) is 0 Å². The van der Waals surface area contributed by atoms with Crippen LogP contribution in [-0.2, 0) is 14.4 Å². The molecule has 0 bridgehead atoms. The van der Waals surface area contributed by atoms with Gasteiger partial charge in [0.05, 0.1) is 11.5 Å². The zero-order valence-electron chi connectivity index (χ0n) is 18.1. The molecule has 4 aliphatic rings. The molecule has 0 aromatic rings. The molecular formula is C24H34O4. The first-order valence-electron chi connectivity index (χ1n) is 10.9. The molecule has 1 N–H and O–H groups in total. The van der Waals surface area contributed by atoms with Crippen molar-refractivity contribution < 1.29 is 19.5 Å². The van der Waals surface area contributed by atoms with Gasteiger partial charge in [0.1, 0.15) is 5.78 Å². The molecule has 28 heavy (non-hydrogen) atoms. The van der Waals surface area contributed by atoms with Crippen LogP contribution in [0.3, 0.4) is 0 Å². The number of fused-ring (bicyclic) bond motifs is 4. The van der Waals surface area contributed by atoms with Crippen molar-refractivity contribution in [2.45, 2.75) is 86.2 Å². The van der Waals surface area contributed by atoms with Gasteiger partial charge in [-0.15, -0.1) is 0 Å². The van der Waals surface area contributed by atoms with Gasteiger partial charge in [-0.1, -0.05) is 41.0 Å². The highest BCUT2D eigenvalue weighted by atomic mass is 16.3. The number of hydrogen-bond acceptors (Lipinski definition) is 4. The molecule has 0 heterocycles. The quantitative estimate of drug-likeness (QED) is 0.738. The number of ketones is 3. The Morgan fingerprint density at radius 1 is 0.964 bits per heavy atom. The summed E-state index contributed by atoms with van der Waals surface area (Å²) >= 11 is 0. The first kappa shape index (κ1) is 20.0. The standard InChI is InChI=1S/C24H34O4/c1-7-13-10-18(28)24(6)20-14(25)11-16-21(2,3)17(27)8-9-22(16,4)19(20)15(26)12-23(13,24)5/h13,16-17,27H,7-12H2,1-6H3/t13-,16-,17-,22-,23+,24-/m0/s1. The summed E-state index contributed by atoms with van der Waals surface area (Å²) in [5.41, 5.74) is -1.04. The zero-order valence-corrected chi connectivity index (χ0v) is 18.1. The van der Waals surface area contributed by atoms with E-state index in [0.717, 1.165) is 6.42 Å². The van der Waals surface area contributed by atoms with E-state index >= 15 is 0 Å². The van der Waals surface area contributed by atoms with Crippen molar-refractivity contribution in [2.75, 3.05) is 0 Å². The Morgan fingerprint density at radius 3 is 2.21 bits per heavy atom. The van der Waals surface area contributed by atoms with Crippen LogP contribution in [0.2, 0.25) is 0 Å². The molecule has 6 atom stereocenters. The van der Waals surface area contributed by atoms with Gasteiger partial charge >= 0.3 is 0 Å². The molecule has 2 fully saturated rings. The summed E-state index contributed by atoms with van der Waals surface area (Å²) in [4.78, 5) is 40.5. The van der Waals surface area contributed by atoms with Crippen molar-refractivity contribution in [3.8, 4) is 0 Å². The van der Waals surface area contributed by atoms with Crippen molar-refractivity contribution in [3.05, 3.63) is 11.1 Å². The molecule has 2 saturated carbocycles. The molecule has 0 aliphatic heterocycles. The van der Waals surface area contributed by atoms with Crippen LogP contribution in [0.15, 0.2) is 11.1 Å². The van der Waals surface area contributed by atoms with Gasteiger partial charge in [0, 0.05) is 35.8 Å². The largest absolute Gasteiger partial charge is 0.393 e. The molecule has 0 unspecified atom stereocenters. The summed E-state index contributed by atoms with van der Waals surface area (Å²) < 4.78 is 0. The summed E-state index contributed by atoms with van der Waals surface area (Å²) in [6, 6.07) is 0. The van der Waals surface area contributed by atoms with Gasteiger partial charge < -0.3 is 5.11 Å². The van der Waals surface area contributed by atoms with Crippen LogP contribution in [0.5, 0.6) is 0 Å². The second kappa shape index (κ2) is 5.65. The normalized spacial score (nSPS) is 47.7. The van der Waals surface area contributed by atoms with Crippen LogP contribution in [-0.4, -0.2) is 28.6 Å². The average Bonchev–Trinajstić information content (AvgIpc) is 2.81. The highest BCUT2D eigenvalue weighted by Crippen LogP contribution is 2.69. The molecule has 4 rings (SSSR count). The second-order valence-corrected chi connectivity index (χ2v) is 11.1. The maximum Gasteiger partial charge on any atom is 0.160 e. The molecule has 4 heteroatoms. The minimum absolute atomic E-state index is 0.0356. The minimum atomic E-state index is -0.859. The van der Waals surface area contributed by atoms with E-state index < -0.39 is 27.8 Å². The third kappa shape index (κ3) is 2.03. The van der Waals surface area contributed by atoms with Gasteiger partial charge in [-0.3, -0.25) is 14.4 Å². The Hall–Kier alpha value is -1.29. The van der Waals surface area contributed by atoms with E-state index in [9.17, 15) is 19.5 Å². The average molecular weight is 387 g/mol. The predicted molar refractivity (Wildman–Crippen MR) is 107 cm³/mol. The van der Waals surface area contributed by atoms with E-state index in [1.165, 1.54) is 0 Å². The Kier molecular flexibility index (Phi) is 4.04. The maximum absolute atomic E-state index is 13.6. The molecule has 0 saturated heterocycles. The van der Waals surface area contributed by atoms with E-state index in [1.54, 1.807) is 0 Å². The number of Topliss-reactive ketones (excluding diaryl/α,β-unsaturated/α-hetero) is 3. The number of aliphatic hydroxyl groups excluding tert-OH is 1. The molecule has 0 aromatic carbocycles. The Labute approximate surface area is 168 Å². The summed E-state index contributed by atoms with van der Waals surface area (Å²) in [6.45, 7) is 12.2. The number of carbonyl (C=O) groups excluding carboxylic acids is 3. The number of aliphatic hydroxyl groups is 1. The number of carbonyl (C=O) groups is 3. The highest BCUT2D eigenvalue weighted by molar-refractivity contribution is 6.16. The molecule has 0 aromatic heterocycles. The fourth-order valence-electron chi connectivity index (χ4n) is 7.67. The van der Waals surface area contributed by atoms with Crippen LogP contribution in [0, 0.1) is 33.5 Å². The summed E-state index contributed by atoms with van der Waals surface area (Å²) in [5, 5.41) is 10.6. The third-order valence-corrected chi connectivity index (χ3v) is 9.78. The maximum atomic E-state index is 13.6. The van der Waals surface area contributed by atoms with E-state index in [1.807, 2.05) is 20.8 Å².